The summed E-state index contributed by atoms with van der Waals surface area (Å²) in [6, 6.07) is 7.26. The molecule has 1 aliphatic rings. The number of hydrogen-bond acceptors (Lipinski definition) is 4. The fourth-order valence-electron chi connectivity index (χ4n) is 4.18. The number of benzene rings is 1. The minimum Gasteiger partial charge on any atom is -0.383 e. The van der Waals surface area contributed by atoms with E-state index in [2.05, 4.69) is 15.2 Å². The van der Waals surface area contributed by atoms with Gasteiger partial charge in [0.05, 0.1) is 10.9 Å². The Morgan fingerprint density at radius 3 is 2.53 bits per heavy atom. The normalized spacial score (nSPS) is 15.4. The molecule has 6 nitrogen and oxygen atoms in total. The number of halogens is 4. The zero-order chi connectivity index (χ0) is 22.9. The molecule has 4 rings (SSSR count). The maximum absolute atomic E-state index is 13.6. The van der Waals surface area contributed by atoms with Crippen molar-refractivity contribution in [1.82, 2.24) is 20.1 Å². The van der Waals surface area contributed by atoms with Crippen molar-refractivity contribution in [1.29, 1.82) is 0 Å². The van der Waals surface area contributed by atoms with Gasteiger partial charge in [-0.25, -0.2) is 9.37 Å². The lowest BCUT2D eigenvalue weighted by Crippen LogP contribution is -2.38. The third kappa shape index (κ3) is 4.68. The molecule has 1 aliphatic heterocycles. The standard InChI is InChI=1S/C22H23F4N5O/c23-15-6-4-13(5-7-15)2-1-3-18(32)31-10-8-14(9-11-31)17-12-16(22(24,25)26)19-20(27)29-30-21(19)28-17/h4-7,12,14H,1-3,8-11H2,(H3,27,28,29,30). The minimum atomic E-state index is -4.57. The highest BCUT2D eigenvalue weighted by Crippen LogP contribution is 2.39. The van der Waals surface area contributed by atoms with Gasteiger partial charge in [-0.15, -0.1) is 0 Å². The first-order valence-electron chi connectivity index (χ1n) is 10.5. The average molecular weight is 449 g/mol. The lowest BCUT2D eigenvalue weighted by molar-refractivity contribution is -0.136. The summed E-state index contributed by atoms with van der Waals surface area (Å²) in [6.07, 6.45) is -1.82. The number of anilines is 1. The second-order valence-corrected chi connectivity index (χ2v) is 8.06. The maximum Gasteiger partial charge on any atom is 0.417 e. The number of rotatable bonds is 5. The first kappa shape index (κ1) is 22.0. The van der Waals surface area contributed by atoms with Crippen molar-refractivity contribution in [2.75, 3.05) is 18.8 Å². The van der Waals surface area contributed by atoms with E-state index in [1.54, 1.807) is 17.0 Å². The van der Waals surface area contributed by atoms with Crippen LogP contribution in [0, 0.1) is 5.82 Å². The number of nitrogen functional groups attached to an aromatic ring is 1. The number of nitrogens with zero attached hydrogens (tertiary/aromatic N) is 3. The van der Waals surface area contributed by atoms with Crippen LogP contribution in [-0.4, -0.2) is 39.1 Å². The minimum absolute atomic E-state index is 0.0185. The number of aryl methyl sites for hydroxylation is 1. The third-order valence-electron chi connectivity index (χ3n) is 5.91. The number of aromatic amines is 1. The van der Waals surface area contributed by atoms with Crippen LogP contribution in [0.15, 0.2) is 30.3 Å². The molecule has 0 aliphatic carbocycles. The Labute approximate surface area is 181 Å². The topological polar surface area (TPSA) is 87.9 Å². The number of H-pyrrole nitrogens is 1. The molecule has 10 heteroatoms. The molecule has 0 spiro atoms. The van der Waals surface area contributed by atoms with E-state index in [0.29, 0.717) is 50.9 Å². The monoisotopic (exact) mass is 449 g/mol. The summed E-state index contributed by atoms with van der Waals surface area (Å²) in [7, 11) is 0. The number of carbonyl (C=O) groups is 1. The summed E-state index contributed by atoms with van der Waals surface area (Å²) < 4.78 is 53.6. The van der Waals surface area contributed by atoms with Crippen molar-refractivity contribution >= 4 is 22.8 Å². The molecule has 3 aromatic rings. The molecule has 3 heterocycles. The molecule has 3 N–H and O–H groups in total. The van der Waals surface area contributed by atoms with Gasteiger partial charge in [0.15, 0.2) is 5.65 Å². The molecule has 0 radical (unpaired) electrons. The number of aromatic nitrogens is 3. The van der Waals surface area contributed by atoms with Gasteiger partial charge >= 0.3 is 6.18 Å². The number of hydrogen-bond donors (Lipinski definition) is 2. The van der Waals surface area contributed by atoms with Crippen LogP contribution in [0.1, 0.15) is 48.4 Å². The molecule has 1 aromatic carbocycles. The van der Waals surface area contributed by atoms with Gasteiger partial charge in [-0.2, -0.15) is 18.3 Å². The lowest BCUT2D eigenvalue weighted by Gasteiger charge is -2.32. The Morgan fingerprint density at radius 1 is 1.19 bits per heavy atom. The third-order valence-corrected chi connectivity index (χ3v) is 5.91. The number of carbonyl (C=O) groups excluding carboxylic acids is 1. The highest BCUT2D eigenvalue weighted by molar-refractivity contribution is 5.89. The van der Waals surface area contributed by atoms with Gasteiger partial charge in [-0.1, -0.05) is 12.1 Å². The number of piperidine rings is 1. The summed E-state index contributed by atoms with van der Waals surface area (Å²) >= 11 is 0. The summed E-state index contributed by atoms with van der Waals surface area (Å²) in [5.41, 5.74) is 6.02. The number of amides is 1. The van der Waals surface area contributed by atoms with Crippen molar-refractivity contribution in [3.63, 3.8) is 0 Å². The summed E-state index contributed by atoms with van der Waals surface area (Å²) in [4.78, 5) is 18.6. The second-order valence-electron chi connectivity index (χ2n) is 8.06. The van der Waals surface area contributed by atoms with Gasteiger partial charge in [0.2, 0.25) is 5.91 Å². The van der Waals surface area contributed by atoms with Crippen LogP contribution in [0.5, 0.6) is 0 Å². The van der Waals surface area contributed by atoms with Crippen LogP contribution in [-0.2, 0) is 17.4 Å². The largest absolute Gasteiger partial charge is 0.417 e. The number of pyridine rings is 1. The van der Waals surface area contributed by atoms with E-state index >= 15 is 0 Å². The van der Waals surface area contributed by atoms with Gasteiger partial charge in [0.1, 0.15) is 11.6 Å². The number of nitrogens with one attached hydrogen (secondary N) is 1. The summed E-state index contributed by atoms with van der Waals surface area (Å²) in [5.74, 6) is -0.626. The van der Waals surface area contributed by atoms with Crippen molar-refractivity contribution in [3.05, 3.63) is 53.0 Å². The highest BCUT2D eigenvalue weighted by atomic mass is 19.4. The zero-order valence-electron chi connectivity index (χ0n) is 17.3. The predicted molar refractivity (Wildman–Crippen MR) is 111 cm³/mol. The van der Waals surface area contributed by atoms with E-state index in [0.717, 1.165) is 11.6 Å². The zero-order valence-corrected chi connectivity index (χ0v) is 17.3. The molecule has 0 saturated carbocycles. The van der Waals surface area contributed by atoms with Crippen LogP contribution >= 0.6 is 0 Å². The maximum atomic E-state index is 13.6. The van der Waals surface area contributed by atoms with Crippen molar-refractivity contribution < 1.29 is 22.4 Å². The van der Waals surface area contributed by atoms with Gasteiger partial charge in [-0.05, 0) is 49.4 Å². The van der Waals surface area contributed by atoms with E-state index in [-0.39, 0.29) is 34.5 Å². The van der Waals surface area contributed by atoms with Gasteiger partial charge in [0, 0.05) is 31.1 Å². The van der Waals surface area contributed by atoms with Crippen molar-refractivity contribution in [2.24, 2.45) is 0 Å². The van der Waals surface area contributed by atoms with E-state index in [9.17, 15) is 22.4 Å². The number of nitrogens with two attached hydrogens (primary N) is 1. The summed E-state index contributed by atoms with van der Waals surface area (Å²) in [5, 5.41) is 5.96. The SMILES string of the molecule is Nc1[nH]nc2nc(C3CCN(C(=O)CCCc4ccc(F)cc4)CC3)cc(C(F)(F)F)c12. The van der Waals surface area contributed by atoms with Crippen LogP contribution in [0.2, 0.25) is 0 Å². The van der Waals surface area contributed by atoms with E-state index < -0.39 is 11.7 Å². The lowest BCUT2D eigenvalue weighted by atomic mass is 9.91. The molecule has 2 aromatic heterocycles. The van der Waals surface area contributed by atoms with E-state index in [1.807, 2.05) is 0 Å². The number of fused-ring (bicyclic) bond motifs is 1. The predicted octanol–water partition coefficient (Wildman–Crippen LogP) is 4.43. The van der Waals surface area contributed by atoms with Crippen LogP contribution in [0.3, 0.4) is 0 Å². The van der Waals surface area contributed by atoms with E-state index in [1.165, 1.54) is 12.1 Å². The molecule has 0 bridgehead atoms. The smallest absolute Gasteiger partial charge is 0.383 e. The van der Waals surface area contributed by atoms with Crippen LogP contribution in [0.4, 0.5) is 23.4 Å². The van der Waals surface area contributed by atoms with Gasteiger partial charge in [-0.3, -0.25) is 9.89 Å². The Hall–Kier alpha value is -3.17. The molecule has 0 atom stereocenters. The molecule has 32 heavy (non-hydrogen) atoms. The van der Waals surface area contributed by atoms with Gasteiger partial charge in [0.25, 0.3) is 0 Å². The van der Waals surface area contributed by atoms with Gasteiger partial charge < -0.3 is 10.6 Å². The quantitative estimate of drug-likeness (QED) is 0.565. The molecule has 1 amide bonds. The van der Waals surface area contributed by atoms with Crippen LogP contribution < -0.4 is 5.73 Å². The highest BCUT2D eigenvalue weighted by Gasteiger charge is 2.36. The first-order chi connectivity index (χ1) is 15.2. The second kappa shape index (κ2) is 8.76. The van der Waals surface area contributed by atoms with E-state index in [4.69, 9.17) is 5.73 Å². The van der Waals surface area contributed by atoms with Crippen molar-refractivity contribution in [3.8, 4) is 0 Å². The molecule has 0 unspecified atom stereocenters. The first-order valence-corrected chi connectivity index (χ1v) is 10.5. The Morgan fingerprint density at radius 2 is 1.88 bits per heavy atom. The Balaban J connectivity index is 1.36. The Bertz CT molecular complexity index is 1100. The van der Waals surface area contributed by atoms with Crippen LogP contribution in [0.25, 0.3) is 11.0 Å². The molecular formula is C22H23F4N5O. The molecular weight excluding hydrogens is 426 g/mol. The fraction of sp³-hybridized carbons (Fsp3) is 0.409. The molecule has 1 fully saturated rings. The average Bonchev–Trinajstić information content (AvgIpc) is 3.14. The fourth-order valence-corrected chi connectivity index (χ4v) is 4.18. The van der Waals surface area contributed by atoms with Crippen molar-refractivity contribution in [2.45, 2.75) is 44.2 Å². The number of alkyl halides is 3. The molecule has 170 valence electrons. The Kier molecular flexibility index (Phi) is 6.03. The summed E-state index contributed by atoms with van der Waals surface area (Å²) in [6.45, 7) is 0.924. The molecule has 1 saturated heterocycles. The number of likely N-dealkylation sites (tertiary alicyclic amines) is 1.